The molecule has 0 bridgehead atoms. The molecule has 0 aromatic heterocycles. The van der Waals surface area contributed by atoms with E-state index in [0.29, 0.717) is 29.7 Å². The number of ether oxygens (including phenoxy) is 1. The molecule has 1 fully saturated rings. The first-order chi connectivity index (χ1) is 10.9. The van der Waals surface area contributed by atoms with Crippen molar-refractivity contribution in [1.29, 1.82) is 0 Å². The summed E-state index contributed by atoms with van der Waals surface area (Å²) >= 11 is 11.9. The molecule has 1 saturated heterocycles. The van der Waals surface area contributed by atoms with Gasteiger partial charge in [-0.1, -0.05) is 29.3 Å². The number of rotatable bonds is 3. The maximum Gasteiger partial charge on any atom is 0.317 e. The summed E-state index contributed by atoms with van der Waals surface area (Å²) < 4.78 is 5.71. The molecule has 23 heavy (non-hydrogen) atoms. The van der Waals surface area contributed by atoms with E-state index in [1.807, 2.05) is 6.07 Å². The summed E-state index contributed by atoms with van der Waals surface area (Å²) in [4.78, 5) is 26.7. The first kappa shape index (κ1) is 17.8. The lowest BCUT2D eigenvalue weighted by Gasteiger charge is -2.33. The molecule has 0 saturated carbocycles. The summed E-state index contributed by atoms with van der Waals surface area (Å²) in [7, 11) is 3.24. The molecular weight excluding hydrogens is 341 g/mol. The summed E-state index contributed by atoms with van der Waals surface area (Å²) in [6, 6.07) is 4.99. The Labute approximate surface area is 145 Å². The van der Waals surface area contributed by atoms with Crippen LogP contribution in [-0.2, 0) is 9.53 Å². The SMILES string of the molecule is CN(C)C(=O)NCC(=O)N1CCOC(c2ccc(Cl)c(Cl)c2)C1. The van der Waals surface area contributed by atoms with E-state index in [0.717, 1.165) is 5.56 Å². The lowest BCUT2D eigenvalue weighted by Crippen LogP contribution is -2.47. The molecule has 1 heterocycles. The second kappa shape index (κ2) is 7.86. The number of hydrogen-bond acceptors (Lipinski definition) is 3. The topological polar surface area (TPSA) is 61.9 Å². The van der Waals surface area contributed by atoms with E-state index in [2.05, 4.69) is 5.32 Å². The van der Waals surface area contributed by atoms with Crippen LogP contribution >= 0.6 is 23.2 Å². The van der Waals surface area contributed by atoms with E-state index in [1.165, 1.54) is 4.90 Å². The fraction of sp³-hybridized carbons (Fsp3) is 0.467. The minimum absolute atomic E-state index is 0.0366. The number of carbonyl (C=O) groups excluding carboxylic acids is 2. The second-order valence-corrected chi connectivity index (χ2v) is 6.24. The number of amides is 3. The van der Waals surface area contributed by atoms with Crippen molar-refractivity contribution in [2.75, 3.05) is 40.3 Å². The summed E-state index contributed by atoms with van der Waals surface area (Å²) in [5.74, 6) is -0.145. The van der Waals surface area contributed by atoms with Gasteiger partial charge in [-0.25, -0.2) is 4.79 Å². The number of morpholine rings is 1. The Morgan fingerprint density at radius 2 is 2.09 bits per heavy atom. The number of hydrogen-bond donors (Lipinski definition) is 1. The Morgan fingerprint density at radius 1 is 1.35 bits per heavy atom. The zero-order chi connectivity index (χ0) is 17.0. The maximum atomic E-state index is 12.2. The van der Waals surface area contributed by atoms with Crippen LogP contribution < -0.4 is 5.32 Å². The molecule has 0 spiro atoms. The van der Waals surface area contributed by atoms with Crippen molar-refractivity contribution in [3.05, 3.63) is 33.8 Å². The highest BCUT2D eigenvalue weighted by atomic mass is 35.5. The van der Waals surface area contributed by atoms with Crippen molar-refractivity contribution in [3.63, 3.8) is 0 Å². The molecule has 1 N–H and O–H groups in total. The van der Waals surface area contributed by atoms with Gasteiger partial charge in [-0.2, -0.15) is 0 Å². The maximum absolute atomic E-state index is 12.2. The summed E-state index contributed by atoms with van der Waals surface area (Å²) in [5, 5.41) is 3.50. The van der Waals surface area contributed by atoms with Gasteiger partial charge < -0.3 is 19.9 Å². The van der Waals surface area contributed by atoms with Crippen LogP contribution in [0.25, 0.3) is 0 Å². The molecule has 0 aliphatic carbocycles. The second-order valence-electron chi connectivity index (χ2n) is 5.43. The van der Waals surface area contributed by atoms with Crippen LogP contribution in [0.2, 0.25) is 10.0 Å². The number of carbonyl (C=O) groups is 2. The molecule has 3 amide bonds. The summed E-state index contributed by atoms with van der Waals surface area (Å²) in [6.45, 7) is 1.30. The van der Waals surface area contributed by atoms with E-state index >= 15 is 0 Å². The van der Waals surface area contributed by atoms with E-state index < -0.39 is 0 Å². The molecule has 0 radical (unpaired) electrons. The molecule has 1 atom stereocenters. The predicted molar refractivity (Wildman–Crippen MR) is 88.8 cm³/mol. The van der Waals surface area contributed by atoms with E-state index in [-0.39, 0.29) is 24.6 Å². The number of nitrogens with one attached hydrogen (secondary N) is 1. The highest BCUT2D eigenvalue weighted by Crippen LogP contribution is 2.29. The molecule has 1 aromatic rings. The predicted octanol–water partition coefficient (Wildman–Crippen LogP) is 2.16. The molecule has 2 rings (SSSR count). The van der Waals surface area contributed by atoms with Gasteiger partial charge in [0.25, 0.3) is 0 Å². The van der Waals surface area contributed by atoms with Crippen molar-refractivity contribution in [1.82, 2.24) is 15.1 Å². The molecule has 8 heteroatoms. The van der Waals surface area contributed by atoms with Gasteiger partial charge in [0, 0.05) is 20.6 Å². The van der Waals surface area contributed by atoms with Crippen molar-refractivity contribution in [3.8, 4) is 0 Å². The summed E-state index contributed by atoms with van der Waals surface area (Å²) in [6.07, 6.45) is -0.257. The third-order valence-corrected chi connectivity index (χ3v) is 4.27. The van der Waals surface area contributed by atoms with Gasteiger partial charge in [0.2, 0.25) is 5.91 Å². The Balaban J connectivity index is 1.96. The Kier molecular flexibility index (Phi) is 6.10. The van der Waals surface area contributed by atoms with Crippen molar-refractivity contribution in [2.24, 2.45) is 0 Å². The molecular formula is C15H19Cl2N3O3. The van der Waals surface area contributed by atoms with Gasteiger partial charge in [0.15, 0.2) is 0 Å². The highest BCUT2D eigenvalue weighted by molar-refractivity contribution is 6.42. The zero-order valence-electron chi connectivity index (χ0n) is 13.0. The van der Waals surface area contributed by atoms with Crippen LogP contribution in [0.15, 0.2) is 18.2 Å². The standard InChI is InChI=1S/C15H19Cl2N3O3/c1-19(2)15(22)18-8-14(21)20-5-6-23-13(9-20)10-3-4-11(16)12(17)7-10/h3-4,7,13H,5-6,8-9H2,1-2H3,(H,18,22). The lowest BCUT2D eigenvalue weighted by molar-refractivity contribution is -0.137. The van der Waals surface area contributed by atoms with Crippen LogP contribution in [0, 0.1) is 0 Å². The zero-order valence-corrected chi connectivity index (χ0v) is 14.5. The van der Waals surface area contributed by atoms with Crippen molar-refractivity contribution >= 4 is 35.1 Å². The smallest absolute Gasteiger partial charge is 0.317 e. The first-order valence-corrected chi connectivity index (χ1v) is 7.93. The number of benzene rings is 1. The largest absolute Gasteiger partial charge is 0.370 e. The Hall–Kier alpha value is -1.50. The van der Waals surface area contributed by atoms with Crippen LogP contribution in [0.5, 0.6) is 0 Å². The molecule has 1 aliphatic heterocycles. The van der Waals surface area contributed by atoms with Crippen LogP contribution in [0.3, 0.4) is 0 Å². The van der Waals surface area contributed by atoms with Crippen LogP contribution in [-0.4, -0.2) is 62.1 Å². The molecule has 1 aromatic carbocycles. The van der Waals surface area contributed by atoms with Gasteiger partial charge in [0.1, 0.15) is 6.10 Å². The lowest BCUT2D eigenvalue weighted by atomic mass is 10.1. The van der Waals surface area contributed by atoms with Crippen LogP contribution in [0.4, 0.5) is 4.79 Å². The normalized spacial score (nSPS) is 17.7. The Bertz CT molecular complexity index is 595. The molecule has 1 aliphatic rings. The summed E-state index contributed by atoms with van der Waals surface area (Å²) in [5.41, 5.74) is 0.870. The van der Waals surface area contributed by atoms with Gasteiger partial charge in [-0.05, 0) is 17.7 Å². The van der Waals surface area contributed by atoms with E-state index in [9.17, 15) is 9.59 Å². The average Bonchev–Trinajstić information content (AvgIpc) is 2.54. The molecule has 6 nitrogen and oxygen atoms in total. The third kappa shape index (κ3) is 4.73. The fourth-order valence-electron chi connectivity index (χ4n) is 2.21. The molecule has 1 unspecified atom stereocenters. The minimum Gasteiger partial charge on any atom is -0.370 e. The number of urea groups is 1. The Morgan fingerprint density at radius 3 is 2.74 bits per heavy atom. The van der Waals surface area contributed by atoms with Gasteiger partial charge >= 0.3 is 6.03 Å². The van der Waals surface area contributed by atoms with Crippen molar-refractivity contribution < 1.29 is 14.3 Å². The van der Waals surface area contributed by atoms with Crippen molar-refractivity contribution in [2.45, 2.75) is 6.10 Å². The van der Waals surface area contributed by atoms with Gasteiger partial charge in [-0.15, -0.1) is 0 Å². The van der Waals surface area contributed by atoms with Gasteiger partial charge in [0.05, 0.1) is 29.7 Å². The average molecular weight is 360 g/mol. The van der Waals surface area contributed by atoms with E-state index in [1.54, 1.807) is 31.1 Å². The fourth-order valence-corrected chi connectivity index (χ4v) is 2.52. The number of halogens is 2. The van der Waals surface area contributed by atoms with Gasteiger partial charge in [-0.3, -0.25) is 4.79 Å². The highest BCUT2D eigenvalue weighted by Gasteiger charge is 2.26. The molecule has 126 valence electrons. The van der Waals surface area contributed by atoms with E-state index in [4.69, 9.17) is 27.9 Å². The first-order valence-electron chi connectivity index (χ1n) is 7.18. The van der Waals surface area contributed by atoms with Crippen LogP contribution in [0.1, 0.15) is 11.7 Å². The minimum atomic E-state index is -0.298. The quantitative estimate of drug-likeness (QED) is 0.899. The number of nitrogens with zero attached hydrogens (tertiary/aromatic N) is 2. The monoisotopic (exact) mass is 359 g/mol. The third-order valence-electron chi connectivity index (χ3n) is 3.53.